The molecule has 7 heteroatoms. The summed E-state index contributed by atoms with van der Waals surface area (Å²) in [4.78, 5) is 26.9. The van der Waals surface area contributed by atoms with Crippen LogP contribution in [-0.4, -0.2) is 23.9 Å². The zero-order valence-corrected chi connectivity index (χ0v) is 15.4. The van der Waals surface area contributed by atoms with E-state index in [0.717, 1.165) is 6.07 Å². The Morgan fingerprint density at radius 1 is 1.22 bits per heavy atom. The Balaban J connectivity index is 1.80. The molecule has 142 valence electrons. The summed E-state index contributed by atoms with van der Waals surface area (Å²) in [5.41, 5.74) is 0.470. The van der Waals surface area contributed by atoms with Crippen LogP contribution < -0.4 is 15.5 Å². The number of halogens is 2. The average Bonchev–Trinajstić information content (AvgIpc) is 2.60. The molecule has 0 spiro atoms. The first kappa shape index (κ1) is 19.0. The first-order chi connectivity index (χ1) is 12.7. The first-order valence-electron chi connectivity index (χ1n) is 8.73. The molecule has 3 rings (SSSR count). The monoisotopic (exact) mass is 374 g/mol. The van der Waals surface area contributed by atoms with Gasteiger partial charge in [0.05, 0.1) is 11.4 Å². The van der Waals surface area contributed by atoms with Crippen LogP contribution in [0.3, 0.4) is 0 Å². The SMILES string of the molecule is C[C@@H]([NH2+]CC(=O)N1c2ccccc2NC(=O)C1(C)C)c1ccc(F)cc1F. The van der Waals surface area contributed by atoms with Gasteiger partial charge in [-0.1, -0.05) is 12.1 Å². The number of rotatable bonds is 4. The molecular weight excluding hydrogens is 352 g/mol. The Labute approximate surface area is 156 Å². The lowest BCUT2D eigenvalue weighted by Gasteiger charge is -2.41. The number of carbonyl (C=O) groups is 2. The van der Waals surface area contributed by atoms with E-state index in [1.807, 2.05) is 0 Å². The Morgan fingerprint density at radius 3 is 2.63 bits per heavy atom. The molecule has 1 heterocycles. The number of benzene rings is 2. The van der Waals surface area contributed by atoms with E-state index >= 15 is 0 Å². The smallest absolute Gasteiger partial charge is 0.283 e. The van der Waals surface area contributed by atoms with Gasteiger partial charge in [-0.15, -0.1) is 0 Å². The molecule has 2 aromatic rings. The zero-order valence-electron chi connectivity index (χ0n) is 15.4. The molecule has 2 amide bonds. The van der Waals surface area contributed by atoms with E-state index < -0.39 is 17.2 Å². The number of nitrogens with zero attached hydrogens (tertiary/aromatic N) is 1. The van der Waals surface area contributed by atoms with Crippen LogP contribution >= 0.6 is 0 Å². The number of para-hydroxylation sites is 2. The van der Waals surface area contributed by atoms with Gasteiger partial charge < -0.3 is 10.6 Å². The van der Waals surface area contributed by atoms with Crippen molar-refractivity contribution in [3.05, 3.63) is 59.7 Å². The van der Waals surface area contributed by atoms with Crippen molar-refractivity contribution in [3.8, 4) is 0 Å². The fraction of sp³-hybridized carbons (Fsp3) is 0.300. The number of nitrogens with one attached hydrogen (secondary N) is 1. The summed E-state index contributed by atoms with van der Waals surface area (Å²) in [6, 6.07) is 10.1. The van der Waals surface area contributed by atoms with Crippen molar-refractivity contribution in [3.63, 3.8) is 0 Å². The zero-order chi connectivity index (χ0) is 19.8. The fourth-order valence-electron chi connectivity index (χ4n) is 3.26. The summed E-state index contributed by atoms with van der Waals surface area (Å²) in [5, 5.41) is 4.48. The molecule has 0 aromatic heterocycles. The highest BCUT2D eigenvalue weighted by Crippen LogP contribution is 2.36. The van der Waals surface area contributed by atoms with Gasteiger partial charge in [-0.2, -0.15) is 0 Å². The third kappa shape index (κ3) is 3.55. The maximum Gasteiger partial charge on any atom is 0.283 e. The van der Waals surface area contributed by atoms with Gasteiger partial charge in [0.25, 0.3) is 5.91 Å². The molecule has 1 aliphatic heterocycles. The molecule has 3 N–H and O–H groups in total. The van der Waals surface area contributed by atoms with Crippen LogP contribution in [0.15, 0.2) is 42.5 Å². The Morgan fingerprint density at radius 2 is 1.93 bits per heavy atom. The number of nitrogens with two attached hydrogens (primary N) is 1. The summed E-state index contributed by atoms with van der Waals surface area (Å²) in [6.07, 6.45) is 0. The molecule has 0 aliphatic carbocycles. The van der Waals surface area contributed by atoms with Gasteiger partial charge in [0.1, 0.15) is 23.2 Å². The van der Waals surface area contributed by atoms with Crippen LogP contribution in [-0.2, 0) is 9.59 Å². The Kier molecular flexibility index (Phi) is 4.97. The predicted molar refractivity (Wildman–Crippen MR) is 98.2 cm³/mol. The molecule has 0 radical (unpaired) electrons. The van der Waals surface area contributed by atoms with Crippen molar-refractivity contribution < 1.29 is 23.7 Å². The van der Waals surface area contributed by atoms with Crippen molar-refractivity contribution in [2.45, 2.75) is 32.4 Å². The summed E-state index contributed by atoms with van der Waals surface area (Å²) < 4.78 is 27.0. The molecule has 0 bridgehead atoms. The molecule has 0 fully saturated rings. The van der Waals surface area contributed by atoms with Crippen LogP contribution in [0, 0.1) is 11.6 Å². The summed E-state index contributed by atoms with van der Waals surface area (Å²) >= 11 is 0. The number of fused-ring (bicyclic) bond motifs is 1. The van der Waals surface area contributed by atoms with Crippen molar-refractivity contribution in [2.75, 3.05) is 16.8 Å². The second-order valence-corrected chi connectivity index (χ2v) is 7.15. The molecule has 0 saturated carbocycles. The van der Waals surface area contributed by atoms with Crippen LogP contribution in [0.2, 0.25) is 0 Å². The number of carbonyl (C=O) groups excluding carboxylic acids is 2. The molecular formula is C20H22F2N3O2+. The van der Waals surface area contributed by atoms with Crippen LogP contribution in [0.25, 0.3) is 0 Å². The minimum Gasteiger partial charge on any atom is -0.332 e. The molecule has 1 atom stereocenters. The van der Waals surface area contributed by atoms with E-state index in [4.69, 9.17) is 0 Å². The average molecular weight is 374 g/mol. The Bertz CT molecular complexity index is 899. The topological polar surface area (TPSA) is 66.0 Å². The van der Waals surface area contributed by atoms with E-state index in [-0.39, 0.29) is 24.4 Å². The first-order valence-corrected chi connectivity index (χ1v) is 8.73. The third-order valence-electron chi connectivity index (χ3n) is 4.86. The van der Waals surface area contributed by atoms with Crippen LogP contribution in [0.5, 0.6) is 0 Å². The maximum absolute atomic E-state index is 13.9. The molecule has 1 aliphatic rings. The summed E-state index contributed by atoms with van der Waals surface area (Å²) in [7, 11) is 0. The lowest BCUT2D eigenvalue weighted by Crippen LogP contribution is -2.87. The second kappa shape index (κ2) is 7.08. The van der Waals surface area contributed by atoms with Gasteiger partial charge in [-0.05, 0) is 45.0 Å². The lowest BCUT2D eigenvalue weighted by molar-refractivity contribution is -0.682. The highest BCUT2D eigenvalue weighted by atomic mass is 19.1. The maximum atomic E-state index is 13.9. The largest absolute Gasteiger partial charge is 0.332 e. The molecule has 27 heavy (non-hydrogen) atoms. The quantitative estimate of drug-likeness (QED) is 0.863. The van der Waals surface area contributed by atoms with E-state index in [9.17, 15) is 18.4 Å². The number of hydrogen-bond acceptors (Lipinski definition) is 2. The van der Waals surface area contributed by atoms with Crippen molar-refractivity contribution >= 4 is 23.2 Å². The lowest BCUT2D eigenvalue weighted by atomic mass is 9.96. The van der Waals surface area contributed by atoms with Gasteiger partial charge in [-0.25, -0.2) is 8.78 Å². The minimum atomic E-state index is -1.05. The minimum absolute atomic E-state index is 0.0169. The highest BCUT2D eigenvalue weighted by Gasteiger charge is 2.43. The molecule has 0 unspecified atom stereocenters. The van der Waals surface area contributed by atoms with Crippen molar-refractivity contribution in [1.29, 1.82) is 0 Å². The summed E-state index contributed by atoms with van der Waals surface area (Å²) in [6.45, 7) is 5.12. The van der Waals surface area contributed by atoms with Gasteiger partial charge in [0, 0.05) is 11.6 Å². The highest BCUT2D eigenvalue weighted by molar-refractivity contribution is 6.14. The number of anilines is 2. The number of hydrogen-bond donors (Lipinski definition) is 2. The standard InChI is InChI=1S/C20H21F2N3O2/c1-12(14-9-8-13(21)10-15(14)22)23-11-18(26)25-17-7-5-4-6-16(17)24-19(27)20(25,2)3/h4-10,12,23H,11H2,1-3H3,(H,24,27)/p+1/t12-/m1/s1. The van der Waals surface area contributed by atoms with Crippen molar-refractivity contribution in [2.24, 2.45) is 0 Å². The predicted octanol–water partition coefficient (Wildman–Crippen LogP) is 2.35. The van der Waals surface area contributed by atoms with Crippen LogP contribution in [0.4, 0.5) is 20.2 Å². The van der Waals surface area contributed by atoms with Crippen LogP contribution in [0.1, 0.15) is 32.4 Å². The van der Waals surface area contributed by atoms with E-state index in [2.05, 4.69) is 5.32 Å². The van der Waals surface area contributed by atoms with E-state index in [1.165, 1.54) is 17.0 Å². The van der Waals surface area contributed by atoms with E-state index in [0.29, 0.717) is 16.9 Å². The molecule has 2 aromatic carbocycles. The fourth-order valence-corrected chi connectivity index (χ4v) is 3.26. The number of amides is 2. The van der Waals surface area contributed by atoms with Crippen molar-refractivity contribution in [1.82, 2.24) is 0 Å². The Hall–Kier alpha value is -2.80. The normalized spacial score (nSPS) is 16.5. The van der Waals surface area contributed by atoms with Gasteiger partial charge >= 0.3 is 0 Å². The second-order valence-electron chi connectivity index (χ2n) is 7.15. The number of quaternary nitrogens is 1. The third-order valence-corrected chi connectivity index (χ3v) is 4.86. The van der Waals surface area contributed by atoms with Gasteiger partial charge in [0.2, 0.25) is 5.91 Å². The van der Waals surface area contributed by atoms with Gasteiger partial charge in [0.15, 0.2) is 6.54 Å². The van der Waals surface area contributed by atoms with Gasteiger partial charge in [-0.3, -0.25) is 14.5 Å². The molecule has 5 nitrogen and oxygen atoms in total. The summed E-state index contributed by atoms with van der Waals surface area (Å²) in [5.74, 6) is -1.82. The van der Waals surface area contributed by atoms with E-state index in [1.54, 1.807) is 50.4 Å². The molecule has 0 saturated heterocycles.